The highest BCUT2D eigenvalue weighted by molar-refractivity contribution is 9.10. The summed E-state index contributed by atoms with van der Waals surface area (Å²) in [5.74, 6) is -0.00752. The van der Waals surface area contributed by atoms with Gasteiger partial charge in [-0.25, -0.2) is 4.98 Å². The third-order valence-corrected chi connectivity index (χ3v) is 2.42. The summed E-state index contributed by atoms with van der Waals surface area (Å²) >= 11 is 3.37. The van der Waals surface area contributed by atoms with Crippen molar-refractivity contribution >= 4 is 32.7 Å². The fourth-order valence-electron chi connectivity index (χ4n) is 1.24. The van der Waals surface area contributed by atoms with E-state index in [2.05, 4.69) is 20.9 Å². The highest BCUT2D eigenvalue weighted by Gasteiger charge is 2.00. The molecule has 0 aliphatic rings. The van der Waals surface area contributed by atoms with Crippen LogP contribution in [-0.4, -0.2) is 10.8 Å². The minimum atomic E-state index is -0.00752. The number of pyridine rings is 1. The second-order valence-electron chi connectivity index (χ2n) is 2.95. The number of nitrogens with two attached hydrogens (primary N) is 1. The molecule has 2 aromatic rings. The Morgan fingerprint density at radius 3 is 2.71 bits per heavy atom. The Bertz CT molecular complexity index is 508. The first-order valence-electron chi connectivity index (χ1n) is 4.07. The lowest BCUT2D eigenvalue weighted by Crippen LogP contribution is -2.12. The van der Waals surface area contributed by atoms with Crippen molar-refractivity contribution in [1.29, 1.82) is 5.41 Å². The van der Waals surface area contributed by atoms with Gasteiger partial charge in [-0.2, -0.15) is 0 Å². The van der Waals surface area contributed by atoms with Gasteiger partial charge in [0.1, 0.15) is 11.5 Å². The number of hydrogen-bond donors (Lipinski definition) is 2. The van der Waals surface area contributed by atoms with Gasteiger partial charge in [0.2, 0.25) is 0 Å². The molecule has 0 bridgehead atoms. The highest BCUT2D eigenvalue weighted by atomic mass is 79.9. The topological polar surface area (TPSA) is 62.8 Å². The molecule has 2 rings (SSSR count). The molecular weight excluding hydrogens is 242 g/mol. The number of benzene rings is 1. The molecule has 3 nitrogen and oxygen atoms in total. The third kappa shape index (κ3) is 1.61. The van der Waals surface area contributed by atoms with Crippen LogP contribution in [0.25, 0.3) is 10.9 Å². The lowest BCUT2D eigenvalue weighted by Gasteiger charge is -2.01. The zero-order valence-electron chi connectivity index (χ0n) is 7.29. The number of nitrogens with zero attached hydrogens (tertiary/aromatic N) is 1. The number of hydrogen-bond acceptors (Lipinski definition) is 2. The molecule has 0 unspecified atom stereocenters. The van der Waals surface area contributed by atoms with E-state index in [4.69, 9.17) is 11.1 Å². The molecule has 1 aromatic carbocycles. The van der Waals surface area contributed by atoms with Crippen LogP contribution >= 0.6 is 15.9 Å². The molecule has 1 heterocycles. The van der Waals surface area contributed by atoms with Crippen LogP contribution < -0.4 is 5.73 Å². The lowest BCUT2D eigenvalue weighted by atomic mass is 10.2. The van der Waals surface area contributed by atoms with E-state index in [0.717, 1.165) is 15.4 Å². The summed E-state index contributed by atoms with van der Waals surface area (Å²) < 4.78 is 0.971. The first-order chi connectivity index (χ1) is 6.66. The van der Waals surface area contributed by atoms with Crippen molar-refractivity contribution in [3.05, 3.63) is 40.5 Å². The lowest BCUT2D eigenvalue weighted by molar-refractivity contribution is 1.31. The average molecular weight is 250 g/mol. The maximum absolute atomic E-state index is 7.27. The molecule has 0 fully saturated rings. The Balaban J connectivity index is 2.69. The van der Waals surface area contributed by atoms with Crippen LogP contribution in [0.2, 0.25) is 0 Å². The predicted molar refractivity (Wildman–Crippen MR) is 60.5 cm³/mol. The number of nitrogen functional groups attached to an aromatic ring is 1. The quantitative estimate of drug-likeness (QED) is 0.602. The maximum atomic E-state index is 7.27. The van der Waals surface area contributed by atoms with Gasteiger partial charge in [-0.05, 0) is 18.2 Å². The van der Waals surface area contributed by atoms with Crippen LogP contribution in [0.5, 0.6) is 0 Å². The average Bonchev–Trinajstić information content (AvgIpc) is 2.16. The first kappa shape index (κ1) is 9.15. The number of halogens is 1. The maximum Gasteiger partial charge on any atom is 0.141 e. The van der Waals surface area contributed by atoms with Gasteiger partial charge < -0.3 is 5.73 Å². The molecule has 0 amide bonds. The summed E-state index contributed by atoms with van der Waals surface area (Å²) in [5.41, 5.74) is 6.70. The summed E-state index contributed by atoms with van der Waals surface area (Å²) in [6.07, 6.45) is 0. The summed E-state index contributed by atoms with van der Waals surface area (Å²) in [4.78, 5) is 4.26. The van der Waals surface area contributed by atoms with Crippen LogP contribution in [0.15, 0.2) is 34.8 Å². The number of aromatic nitrogens is 1. The van der Waals surface area contributed by atoms with Gasteiger partial charge in [0.25, 0.3) is 0 Å². The number of rotatable bonds is 1. The van der Waals surface area contributed by atoms with E-state index in [9.17, 15) is 0 Å². The standard InChI is InChI=1S/C10H8BrN3/c11-7-3-1-6-2-4-8(10(12)13)14-9(6)5-7/h1-5H,(H3,12,13). The minimum Gasteiger partial charge on any atom is -0.382 e. The van der Waals surface area contributed by atoms with E-state index in [1.165, 1.54) is 0 Å². The van der Waals surface area contributed by atoms with Crippen molar-refractivity contribution in [2.24, 2.45) is 5.73 Å². The Hall–Kier alpha value is -1.42. The molecule has 0 aliphatic heterocycles. The highest BCUT2D eigenvalue weighted by Crippen LogP contribution is 2.18. The molecule has 1 aromatic heterocycles. The minimum absolute atomic E-state index is 0.00752. The van der Waals surface area contributed by atoms with Crippen molar-refractivity contribution in [3.8, 4) is 0 Å². The molecule has 70 valence electrons. The zero-order chi connectivity index (χ0) is 10.1. The van der Waals surface area contributed by atoms with Crippen LogP contribution in [0.3, 0.4) is 0 Å². The Morgan fingerprint density at radius 1 is 1.29 bits per heavy atom. The largest absolute Gasteiger partial charge is 0.382 e. The van der Waals surface area contributed by atoms with Crippen LogP contribution in [0.1, 0.15) is 5.69 Å². The molecule has 3 N–H and O–H groups in total. The normalized spacial score (nSPS) is 10.4. The molecule has 0 atom stereocenters. The van der Waals surface area contributed by atoms with Crippen LogP contribution in [0, 0.1) is 5.41 Å². The molecule has 0 aliphatic carbocycles. The molecule has 4 heteroatoms. The van der Waals surface area contributed by atoms with E-state index in [-0.39, 0.29) is 5.84 Å². The van der Waals surface area contributed by atoms with E-state index in [1.54, 1.807) is 6.07 Å². The first-order valence-corrected chi connectivity index (χ1v) is 4.87. The van der Waals surface area contributed by atoms with Gasteiger partial charge in [0.05, 0.1) is 5.52 Å². The van der Waals surface area contributed by atoms with Crippen molar-refractivity contribution in [2.45, 2.75) is 0 Å². The summed E-state index contributed by atoms with van der Waals surface area (Å²) in [5, 5.41) is 8.31. The number of nitrogens with one attached hydrogen (secondary N) is 1. The summed E-state index contributed by atoms with van der Waals surface area (Å²) in [7, 11) is 0. The molecule has 0 saturated heterocycles. The van der Waals surface area contributed by atoms with E-state index < -0.39 is 0 Å². The SMILES string of the molecule is N=C(N)c1ccc2ccc(Br)cc2n1. The Labute approximate surface area is 89.6 Å². The van der Waals surface area contributed by atoms with Crippen molar-refractivity contribution in [3.63, 3.8) is 0 Å². The van der Waals surface area contributed by atoms with Gasteiger partial charge in [-0.3, -0.25) is 5.41 Å². The fraction of sp³-hybridized carbons (Fsp3) is 0. The second kappa shape index (κ2) is 3.38. The van der Waals surface area contributed by atoms with Gasteiger partial charge in [-0.1, -0.05) is 28.1 Å². The number of amidine groups is 1. The smallest absolute Gasteiger partial charge is 0.141 e. The van der Waals surface area contributed by atoms with Gasteiger partial charge >= 0.3 is 0 Å². The molecule has 0 radical (unpaired) electrons. The molecule has 0 spiro atoms. The predicted octanol–water partition coefficient (Wildman–Crippen LogP) is 2.28. The molecule has 0 saturated carbocycles. The summed E-state index contributed by atoms with van der Waals surface area (Å²) in [6, 6.07) is 9.49. The van der Waals surface area contributed by atoms with E-state index in [0.29, 0.717) is 5.69 Å². The van der Waals surface area contributed by atoms with Crippen LogP contribution in [-0.2, 0) is 0 Å². The van der Waals surface area contributed by atoms with Crippen molar-refractivity contribution in [2.75, 3.05) is 0 Å². The van der Waals surface area contributed by atoms with Crippen LogP contribution in [0.4, 0.5) is 0 Å². The molecular formula is C10H8BrN3. The number of fused-ring (bicyclic) bond motifs is 1. The monoisotopic (exact) mass is 249 g/mol. The van der Waals surface area contributed by atoms with Gasteiger partial charge in [0, 0.05) is 9.86 Å². The zero-order valence-corrected chi connectivity index (χ0v) is 8.88. The van der Waals surface area contributed by atoms with Gasteiger partial charge in [-0.15, -0.1) is 0 Å². The molecule has 14 heavy (non-hydrogen) atoms. The second-order valence-corrected chi connectivity index (χ2v) is 3.86. The Kier molecular flexibility index (Phi) is 2.21. The Morgan fingerprint density at radius 2 is 2.00 bits per heavy atom. The van der Waals surface area contributed by atoms with Crippen molar-refractivity contribution in [1.82, 2.24) is 4.98 Å². The fourth-order valence-corrected chi connectivity index (χ4v) is 1.59. The summed E-state index contributed by atoms with van der Waals surface area (Å²) in [6.45, 7) is 0. The van der Waals surface area contributed by atoms with E-state index >= 15 is 0 Å². The van der Waals surface area contributed by atoms with Crippen molar-refractivity contribution < 1.29 is 0 Å². The van der Waals surface area contributed by atoms with Gasteiger partial charge in [0.15, 0.2) is 0 Å². The van der Waals surface area contributed by atoms with E-state index in [1.807, 2.05) is 24.3 Å². The third-order valence-electron chi connectivity index (χ3n) is 1.93.